The first kappa shape index (κ1) is 40.1. The van der Waals surface area contributed by atoms with Gasteiger partial charge >= 0.3 is 323 Å². The molecule has 4 aromatic rings. The van der Waals surface area contributed by atoms with Crippen LogP contribution in [0.3, 0.4) is 0 Å². The number of ether oxygens (including phenoxy) is 8. The van der Waals surface area contributed by atoms with Crippen molar-refractivity contribution >= 4 is 24.3 Å². The zero-order chi connectivity index (χ0) is 37.9. The van der Waals surface area contributed by atoms with E-state index in [1.54, 1.807) is 21.3 Å². The Morgan fingerprint density at radius 2 is 1.24 bits per heavy atom. The number of hydrogen-bond acceptors (Lipinski definition) is 11. The molecule has 0 radical (unpaired) electrons. The Morgan fingerprint density at radius 3 is 1.78 bits per heavy atom. The van der Waals surface area contributed by atoms with E-state index in [0.29, 0.717) is 37.1 Å². The second kappa shape index (κ2) is 19.4. The summed E-state index contributed by atoms with van der Waals surface area (Å²) in [6.07, 6.45) is -3.14. The van der Waals surface area contributed by atoms with Gasteiger partial charge in [-0.2, -0.15) is 0 Å². The maximum absolute atomic E-state index is 12.0. The van der Waals surface area contributed by atoms with Crippen LogP contribution in [0.1, 0.15) is 28.5 Å². The molecule has 12 nitrogen and oxygen atoms in total. The fourth-order valence-corrected chi connectivity index (χ4v) is 13.2. The molecule has 2 heterocycles. The number of hydrogen-bond donors (Lipinski definition) is 1. The van der Waals surface area contributed by atoms with Gasteiger partial charge in [0.05, 0.1) is 0 Å². The van der Waals surface area contributed by atoms with Crippen LogP contribution in [-0.4, -0.2) is 85.8 Å². The number of methoxy groups -OCH3 is 3. The van der Waals surface area contributed by atoms with Crippen LogP contribution in [0.2, 0.25) is 15.5 Å². The van der Waals surface area contributed by atoms with E-state index in [4.69, 9.17) is 42.1 Å². The molecule has 1 N–H and O–H groups in total. The van der Waals surface area contributed by atoms with Crippen LogP contribution in [-0.2, 0) is 58.1 Å². The Kier molecular flexibility index (Phi) is 14.4. The van der Waals surface area contributed by atoms with Crippen molar-refractivity contribution in [3.05, 3.63) is 125 Å². The van der Waals surface area contributed by atoms with Crippen molar-refractivity contribution in [2.75, 3.05) is 34.5 Å². The van der Waals surface area contributed by atoms with Crippen LogP contribution < -0.4 is 14.2 Å². The van der Waals surface area contributed by atoms with Crippen LogP contribution in [0.4, 0.5) is 0 Å². The molecule has 0 aliphatic carbocycles. The Morgan fingerprint density at radius 1 is 0.704 bits per heavy atom. The molecule has 6 rings (SSSR count). The SMILES string of the molecule is COc1ccc(COC[C@@H]2[C@@H](OCc3ccc(OC)cc3)[C@H](OCc3ccc(OC)cc3)C[Se+]2C[C@H]2O[C@@H](c3ccccc3)OC[C@@H]2OS(=O)(=O)O)cc1. The summed E-state index contributed by atoms with van der Waals surface area (Å²) in [6, 6.07) is 32.7. The minimum atomic E-state index is -4.79. The van der Waals surface area contributed by atoms with E-state index in [9.17, 15) is 13.0 Å². The molecule has 2 aliphatic rings. The molecule has 0 amide bonds. The first-order chi connectivity index (χ1) is 26.2. The molecule has 0 spiro atoms. The van der Waals surface area contributed by atoms with Gasteiger partial charge in [-0.3, -0.25) is 0 Å². The standard InChI is InChI=1S/C40H46O12SSe/c1-44-32-15-9-28(10-16-32)21-47-25-38-39(49-23-30-13-19-34(46-3)20-14-30)37(48-22-29-11-17-33(45-2)18-12-29)27-54(38)26-36-35(52-53(41,42)43)24-50-40(51-36)31-7-5-4-6-8-31/h4-20,35-40H,21-27H2,1-3H3/p+1/t35-,36+,37+,38+,39-,40-,54?/m0/s1. The minimum absolute atomic E-state index is 0.0737. The molecule has 1 unspecified atom stereocenters. The second-order valence-electron chi connectivity index (χ2n) is 12.9. The van der Waals surface area contributed by atoms with Gasteiger partial charge in [0.25, 0.3) is 0 Å². The van der Waals surface area contributed by atoms with E-state index in [2.05, 4.69) is 0 Å². The van der Waals surface area contributed by atoms with E-state index in [1.807, 2.05) is 103 Å². The predicted molar refractivity (Wildman–Crippen MR) is 201 cm³/mol. The third-order valence-corrected chi connectivity index (χ3v) is 15.6. The van der Waals surface area contributed by atoms with Crippen molar-refractivity contribution in [3.63, 3.8) is 0 Å². The summed E-state index contributed by atoms with van der Waals surface area (Å²) in [5.74, 6) is 2.27. The van der Waals surface area contributed by atoms with Gasteiger partial charge in [0.2, 0.25) is 0 Å². The molecule has 14 heteroatoms. The maximum atomic E-state index is 12.0. The van der Waals surface area contributed by atoms with Gasteiger partial charge in [0.15, 0.2) is 0 Å². The molecule has 54 heavy (non-hydrogen) atoms. The summed E-state index contributed by atoms with van der Waals surface area (Å²) in [4.78, 5) is -0.0737. The van der Waals surface area contributed by atoms with Gasteiger partial charge in [0.1, 0.15) is 0 Å². The van der Waals surface area contributed by atoms with Crippen LogP contribution in [0, 0.1) is 0 Å². The van der Waals surface area contributed by atoms with Crippen molar-refractivity contribution < 1.29 is 55.0 Å². The Hall–Kier alpha value is -3.53. The third kappa shape index (κ3) is 11.3. The third-order valence-electron chi connectivity index (χ3n) is 9.29. The van der Waals surface area contributed by atoms with Gasteiger partial charge in [0, 0.05) is 0 Å². The van der Waals surface area contributed by atoms with Gasteiger partial charge in [-0.15, -0.1) is 0 Å². The summed E-state index contributed by atoms with van der Waals surface area (Å²) >= 11 is -1.81. The molecule has 290 valence electrons. The van der Waals surface area contributed by atoms with Gasteiger partial charge < -0.3 is 0 Å². The summed E-state index contributed by atoms with van der Waals surface area (Å²) in [6.45, 7) is 1.36. The topological polar surface area (TPSA) is 137 Å². The molecule has 0 bridgehead atoms. The average Bonchev–Trinajstić information content (AvgIpc) is 3.52. The van der Waals surface area contributed by atoms with Crippen molar-refractivity contribution in [2.45, 2.75) is 66.0 Å². The molecule has 2 aliphatic heterocycles. The van der Waals surface area contributed by atoms with Crippen LogP contribution >= 0.6 is 0 Å². The van der Waals surface area contributed by atoms with Crippen LogP contribution in [0.15, 0.2) is 103 Å². The monoisotopic (exact) mass is 831 g/mol. The summed E-state index contributed by atoms with van der Waals surface area (Å²) in [5, 5.41) is 1.17. The molecule has 4 aromatic carbocycles. The molecule has 0 saturated carbocycles. The van der Waals surface area contributed by atoms with E-state index in [0.717, 1.165) is 39.5 Å². The van der Waals surface area contributed by atoms with Crippen molar-refractivity contribution in [2.24, 2.45) is 0 Å². The van der Waals surface area contributed by atoms with E-state index < -0.39 is 42.8 Å². The second-order valence-corrected chi connectivity index (χ2v) is 18.9. The van der Waals surface area contributed by atoms with Gasteiger partial charge in [-0.05, 0) is 0 Å². The summed E-state index contributed by atoms with van der Waals surface area (Å²) in [5.41, 5.74) is 3.75. The van der Waals surface area contributed by atoms with Gasteiger partial charge in [-0.25, -0.2) is 0 Å². The Labute approximate surface area is 321 Å². The number of rotatable bonds is 18. The van der Waals surface area contributed by atoms with E-state index in [-0.39, 0.29) is 23.6 Å². The van der Waals surface area contributed by atoms with E-state index in [1.165, 1.54) is 0 Å². The summed E-state index contributed by atoms with van der Waals surface area (Å²) in [7, 11) is 0.0979. The van der Waals surface area contributed by atoms with Crippen LogP contribution in [0.5, 0.6) is 17.2 Å². The number of benzene rings is 4. The van der Waals surface area contributed by atoms with E-state index >= 15 is 0 Å². The molecule has 7 atom stereocenters. The van der Waals surface area contributed by atoms with Crippen molar-refractivity contribution in [1.82, 2.24) is 0 Å². The zero-order valence-corrected chi connectivity index (χ0v) is 33.0. The van der Waals surface area contributed by atoms with Gasteiger partial charge in [-0.1, -0.05) is 0 Å². The fourth-order valence-electron chi connectivity index (χ4n) is 6.42. The quantitative estimate of drug-likeness (QED) is 0.0857. The molecular formula is C40H47O12SSe+. The fraction of sp³-hybridized carbons (Fsp3) is 0.400. The zero-order valence-electron chi connectivity index (χ0n) is 30.5. The molecular weight excluding hydrogens is 783 g/mol. The van der Waals surface area contributed by atoms with Crippen LogP contribution in [0.25, 0.3) is 0 Å². The van der Waals surface area contributed by atoms with Crippen molar-refractivity contribution in [3.8, 4) is 17.2 Å². The average molecular weight is 831 g/mol. The normalized spacial score (nSPS) is 24.3. The Balaban J connectivity index is 1.27. The molecule has 2 saturated heterocycles. The summed E-state index contributed by atoms with van der Waals surface area (Å²) < 4.78 is 87.1. The molecule has 2 fully saturated rings. The molecule has 0 aromatic heterocycles. The Bertz CT molecular complexity index is 1830. The first-order valence-corrected chi connectivity index (χ1v) is 22.3. The van der Waals surface area contributed by atoms with Crippen molar-refractivity contribution in [1.29, 1.82) is 0 Å². The first-order valence-electron chi connectivity index (χ1n) is 17.5. The predicted octanol–water partition coefficient (Wildman–Crippen LogP) is 6.58.